The second-order valence-electron chi connectivity index (χ2n) is 4.24. The van der Waals surface area contributed by atoms with E-state index in [1.807, 2.05) is 43.3 Å². The van der Waals surface area contributed by atoms with Crippen molar-refractivity contribution in [3.8, 4) is 0 Å². The molecule has 0 aliphatic heterocycles. The fourth-order valence-electron chi connectivity index (χ4n) is 1.57. The number of hydrogen-bond acceptors (Lipinski definition) is 1. The highest BCUT2D eigenvalue weighted by Gasteiger charge is 1.97. The van der Waals surface area contributed by atoms with Gasteiger partial charge in [-0.15, -0.1) is 0 Å². The van der Waals surface area contributed by atoms with Crippen LogP contribution >= 0.6 is 11.6 Å². The van der Waals surface area contributed by atoms with E-state index in [9.17, 15) is 4.79 Å². The number of anilines is 1. The number of nitrogens with one attached hydrogen (secondary N) is 1. The van der Waals surface area contributed by atoms with Gasteiger partial charge in [0.25, 0.3) is 0 Å². The molecule has 0 aromatic heterocycles. The molecule has 0 saturated carbocycles. The molecule has 1 N–H and O–H groups in total. The van der Waals surface area contributed by atoms with E-state index in [-0.39, 0.29) is 5.91 Å². The average Bonchev–Trinajstić information content (AvgIpc) is 2.41. The molecule has 0 aliphatic rings. The Morgan fingerprint density at radius 3 is 2.32 bits per heavy atom. The van der Waals surface area contributed by atoms with Crippen molar-refractivity contribution in [2.24, 2.45) is 0 Å². The van der Waals surface area contributed by atoms with Crippen LogP contribution in [0, 0.1) is 6.92 Å². The predicted octanol–water partition coefficient (Wildman–Crippen LogP) is 4.30. The maximum absolute atomic E-state index is 11.7. The topological polar surface area (TPSA) is 29.1 Å². The third-order valence-electron chi connectivity index (χ3n) is 2.62. The Morgan fingerprint density at radius 1 is 1.05 bits per heavy atom. The quantitative estimate of drug-likeness (QED) is 0.829. The Morgan fingerprint density at radius 2 is 1.68 bits per heavy atom. The largest absolute Gasteiger partial charge is 0.323 e. The summed E-state index contributed by atoms with van der Waals surface area (Å²) in [5.74, 6) is -0.154. The van der Waals surface area contributed by atoms with Crippen LogP contribution in [-0.4, -0.2) is 5.91 Å². The van der Waals surface area contributed by atoms with Crippen molar-refractivity contribution in [1.82, 2.24) is 0 Å². The molecule has 2 nitrogen and oxygen atoms in total. The van der Waals surface area contributed by atoms with Crippen molar-refractivity contribution < 1.29 is 4.79 Å². The van der Waals surface area contributed by atoms with Crippen LogP contribution in [0.5, 0.6) is 0 Å². The summed E-state index contributed by atoms with van der Waals surface area (Å²) in [4.78, 5) is 11.7. The zero-order valence-electron chi connectivity index (χ0n) is 10.6. The first-order valence-corrected chi connectivity index (χ1v) is 6.32. The third kappa shape index (κ3) is 4.27. The second-order valence-corrected chi connectivity index (χ2v) is 4.68. The lowest BCUT2D eigenvalue weighted by molar-refractivity contribution is -0.111. The Balaban J connectivity index is 1.97. The average molecular weight is 272 g/mol. The van der Waals surface area contributed by atoms with Gasteiger partial charge in [-0.05, 0) is 42.8 Å². The smallest absolute Gasteiger partial charge is 0.248 e. The fraction of sp³-hybridized carbons (Fsp3) is 0.0625. The first kappa shape index (κ1) is 13.4. The van der Waals surface area contributed by atoms with Crippen molar-refractivity contribution in [2.75, 3.05) is 5.32 Å². The Kier molecular flexibility index (Phi) is 4.37. The summed E-state index contributed by atoms with van der Waals surface area (Å²) in [6, 6.07) is 15.0. The minimum absolute atomic E-state index is 0.154. The number of carbonyl (C=O) groups excluding carboxylic acids is 1. The lowest BCUT2D eigenvalue weighted by Gasteiger charge is -2.02. The molecule has 19 heavy (non-hydrogen) atoms. The first-order chi connectivity index (χ1) is 9.13. The van der Waals surface area contributed by atoms with Gasteiger partial charge in [-0.3, -0.25) is 4.79 Å². The van der Waals surface area contributed by atoms with Crippen LogP contribution in [0.15, 0.2) is 54.6 Å². The molecule has 0 spiro atoms. The van der Waals surface area contributed by atoms with Gasteiger partial charge in [-0.25, -0.2) is 0 Å². The number of amides is 1. The van der Waals surface area contributed by atoms with E-state index >= 15 is 0 Å². The number of aryl methyl sites for hydroxylation is 1. The normalized spacial score (nSPS) is 10.6. The highest BCUT2D eigenvalue weighted by molar-refractivity contribution is 6.30. The van der Waals surface area contributed by atoms with Gasteiger partial charge in [0.1, 0.15) is 0 Å². The highest BCUT2D eigenvalue weighted by atomic mass is 35.5. The SMILES string of the molecule is Cc1ccc(NC(=O)/C=C/c2ccc(Cl)cc2)cc1. The molecule has 0 bridgehead atoms. The van der Waals surface area contributed by atoms with Crippen LogP contribution < -0.4 is 5.32 Å². The maximum atomic E-state index is 11.7. The Labute approximate surface area is 117 Å². The van der Waals surface area contributed by atoms with Crippen LogP contribution in [0.25, 0.3) is 6.08 Å². The first-order valence-electron chi connectivity index (χ1n) is 5.95. The number of halogens is 1. The summed E-state index contributed by atoms with van der Waals surface area (Å²) < 4.78 is 0. The van der Waals surface area contributed by atoms with Crippen molar-refractivity contribution in [3.63, 3.8) is 0 Å². The molecule has 3 heteroatoms. The minimum Gasteiger partial charge on any atom is -0.323 e. The molecular formula is C16H14ClNO. The van der Waals surface area contributed by atoms with Crippen LogP contribution in [0.3, 0.4) is 0 Å². The van der Waals surface area contributed by atoms with Gasteiger partial charge in [0.2, 0.25) is 5.91 Å². The van der Waals surface area contributed by atoms with Gasteiger partial charge in [-0.2, -0.15) is 0 Å². The van der Waals surface area contributed by atoms with E-state index in [0.717, 1.165) is 16.8 Å². The van der Waals surface area contributed by atoms with Gasteiger partial charge < -0.3 is 5.32 Å². The van der Waals surface area contributed by atoms with Gasteiger partial charge in [0.15, 0.2) is 0 Å². The summed E-state index contributed by atoms with van der Waals surface area (Å²) >= 11 is 5.79. The van der Waals surface area contributed by atoms with E-state index in [1.165, 1.54) is 6.08 Å². The van der Waals surface area contributed by atoms with Gasteiger partial charge in [0.05, 0.1) is 0 Å². The van der Waals surface area contributed by atoms with E-state index in [4.69, 9.17) is 11.6 Å². The van der Waals surface area contributed by atoms with Crippen molar-refractivity contribution in [3.05, 3.63) is 70.8 Å². The van der Waals surface area contributed by atoms with E-state index in [1.54, 1.807) is 18.2 Å². The Hall–Kier alpha value is -2.06. The zero-order valence-corrected chi connectivity index (χ0v) is 11.3. The number of benzene rings is 2. The molecule has 0 fully saturated rings. The molecule has 0 atom stereocenters. The summed E-state index contributed by atoms with van der Waals surface area (Å²) in [5.41, 5.74) is 2.88. The van der Waals surface area contributed by atoms with E-state index in [0.29, 0.717) is 5.02 Å². The zero-order chi connectivity index (χ0) is 13.7. The number of carbonyl (C=O) groups is 1. The molecule has 96 valence electrons. The molecule has 0 unspecified atom stereocenters. The molecule has 2 rings (SSSR count). The molecular weight excluding hydrogens is 258 g/mol. The number of hydrogen-bond donors (Lipinski definition) is 1. The molecule has 0 radical (unpaired) electrons. The van der Waals surface area contributed by atoms with Crippen molar-refractivity contribution in [1.29, 1.82) is 0 Å². The molecule has 0 saturated heterocycles. The molecule has 2 aromatic rings. The summed E-state index contributed by atoms with van der Waals surface area (Å²) in [6.45, 7) is 2.01. The van der Waals surface area contributed by atoms with Gasteiger partial charge in [0, 0.05) is 16.8 Å². The minimum atomic E-state index is -0.154. The van der Waals surface area contributed by atoms with Crippen LogP contribution in [0.4, 0.5) is 5.69 Å². The number of rotatable bonds is 3. The molecule has 0 heterocycles. The van der Waals surface area contributed by atoms with Crippen molar-refractivity contribution in [2.45, 2.75) is 6.92 Å². The summed E-state index contributed by atoms with van der Waals surface area (Å²) in [5, 5.41) is 3.48. The summed E-state index contributed by atoms with van der Waals surface area (Å²) in [6.07, 6.45) is 3.25. The second kappa shape index (κ2) is 6.21. The fourth-order valence-corrected chi connectivity index (χ4v) is 1.69. The lowest BCUT2D eigenvalue weighted by Crippen LogP contribution is -2.07. The standard InChI is InChI=1S/C16H14ClNO/c1-12-2-9-15(10-3-12)18-16(19)11-6-13-4-7-14(17)8-5-13/h2-11H,1H3,(H,18,19)/b11-6+. The molecule has 0 aliphatic carbocycles. The lowest BCUT2D eigenvalue weighted by atomic mass is 10.2. The van der Waals surface area contributed by atoms with Crippen LogP contribution in [-0.2, 0) is 4.79 Å². The monoisotopic (exact) mass is 271 g/mol. The van der Waals surface area contributed by atoms with Gasteiger partial charge in [-0.1, -0.05) is 41.4 Å². The van der Waals surface area contributed by atoms with Crippen LogP contribution in [0.1, 0.15) is 11.1 Å². The van der Waals surface area contributed by atoms with Gasteiger partial charge >= 0.3 is 0 Å². The van der Waals surface area contributed by atoms with Crippen LogP contribution in [0.2, 0.25) is 5.02 Å². The molecule has 2 aromatic carbocycles. The Bertz CT molecular complexity index is 585. The summed E-state index contributed by atoms with van der Waals surface area (Å²) in [7, 11) is 0. The maximum Gasteiger partial charge on any atom is 0.248 e. The third-order valence-corrected chi connectivity index (χ3v) is 2.87. The molecule has 1 amide bonds. The predicted molar refractivity (Wildman–Crippen MR) is 80.3 cm³/mol. The highest BCUT2D eigenvalue weighted by Crippen LogP contribution is 2.11. The van der Waals surface area contributed by atoms with E-state index < -0.39 is 0 Å². The van der Waals surface area contributed by atoms with Crippen molar-refractivity contribution >= 4 is 29.3 Å². The van der Waals surface area contributed by atoms with E-state index in [2.05, 4.69) is 5.32 Å².